The number of nitrogens with one attached hydrogen (secondary N) is 1. The highest BCUT2D eigenvalue weighted by Crippen LogP contribution is 2.44. The van der Waals surface area contributed by atoms with Gasteiger partial charge in [0.05, 0.1) is 0 Å². The Balaban J connectivity index is 0.977. The Kier molecular flexibility index (Phi) is 7.22. The number of alkyl halides is 2. The molecule has 11 heteroatoms. The van der Waals surface area contributed by atoms with Gasteiger partial charge in [-0.15, -0.1) is 0 Å². The molecule has 43 heavy (non-hydrogen) atoms. The largest absolute Gasteiger partial charge is 0.489 e. The maximum atomic E-state index is 15.4. The summed E-state index contributed by atoms with van der Waals surface area (Å²) < 4.78 is 37.1. The van der Waals surface area contributed by atoms with Gasteiger partial charge in [-0.05, 0) is 80.0 Å². The summed E-state index contributed by atoms with van der Waals surface area (Å²) in [5, 5.41) is 2.30. The molecular formula is C32H40F2N4O5. The number of benzene rings is 1. The summed E-state index contributed by atoms with van der Waals surface area (Å²) in [5.74, 6) is -1.68. The number of piperidine rings is 2. The van der Waals surface area contributed by atoms with Crippen molar-refractivity contribution in [3.63, 3.8) is 0 Å². The van der Waals surface area contributed by atoms with Crippen LogP contribution in [-0.2, 0) is 20.9 Å². The quantitative estimate of drug-likeness (QED) is 0.505. The Labute approximate surface area is 250 Å². The minimum atomic E-state index is -2.86. The summed E-state index contributed by atoms with van der Waals surface area (Å²) in [5.41, 5.74) is 1.16. The lowest BCUT2D eigenvalue weighted by molar-refractivity contribution is -0.172. The SMILES string of the molecule is CC1CC1C(=O)N1CCC(C2CN([C@@H]3[C@@H](Oc4ccc5c(c4)CN(C4CCC(=O)NC4=O)C5=O)CCCC3(F)F)C2)CC1. The highest BCUT2D eigenvalue weighted by atomic mass is 19.3. The molecule has 3 saturated heterocycles. The zero-order valence-corrected chi connectivity index (χ0v) is 24.6. The highest BCUT2D eigenvalue weighted by Gasteiger charge is 2.55. The number of carbonyl (C=O) groups is 4. The molecule has 0 spiro atoms. The molecule has 2 saturated carbocycles. The number of ether oxygens (including phenoxy) is 1. The highest BCUT2D eigenvalue weighted by molar-refractivity contribution is 6.05. The first-order valence-corrected chi connectivity index (χ1v) is 15.9. The van der Waals surface area contributed by atoms with Gasteiger partial charge in [0.1, 0.15) is 23.9 Å². The minimum absolute atomic E-state index is 0.154. The van der Waals surface area contributed by atoms with Crippen LogP contribution in [0.15, 0.2) is 18.2 Å². The number of amides is 4. The van der Waals surface area contributed by atoms with E-state index in [1.165, 1.54) is 4.90 Å². The molecule has 0 radical (unpaired) electrons. The van der Waals surface area contributed by atoms with Crippen molar-refractivity contribution in [1.82, 2.24) is 20.0 Å². The number of rotatable bonds is 6. The number of imide groups is 1. The molecule has 2 aliphatic carbocycles. The Morgan fingerprint density at radius 3 is 2.49 bits per heavy atom. The van der Waals surface area contributed by atoms with Gasteiger partial charge in [0, 0.05) is 57.0 Å². The van der Waals surface area contributed by atoms with Crippen LogP contribution in [0.5, 0.6) is 5.75 Å². The van der Waals surface area contributed by atoms with Crippen LogP contribution in [0.3, 0.4) is 0 Å². The van der Waals surface area contributed by atoms with Crippen LogP contribution in [0.1, 0.15) is 74.2 Å². The second-order valence-electron chi connectivity index (χ2n) is 13.7. The van der Waals surface area contributed by atoms with Gasteiger partial charge in [-0.3, -0.25) is 29.4 Å². The van der Waals surface area contributed by atoms with E-state index in [-0.39, 0.29) is 43.5 Å². The number of fused-ring (bicyclic) bond motifs is 1. The van der Waals surface area contributed by atoms with Crippen molar-refractivity contribution < 1.29 is 32.7 Å². The molecule has 3 unspecified atom stereocenters. The van der Waals surface area contributed by atoms with Crippen molar-refractivity contribution in [2.45, 2.75) is 88.9 Å². The van der Waals surface area contributed by atoms with Gasteiger partial charge in [-0.2, -0.15) is 0 Å². The number of carbonyl (C=O) groups excluding carboxylic acids is 4. The van der Waals surface area contributed by atoms with Gasteiger partial charge in [0.15, 0.2) is 0 Å². The van der Waals surface area contributed by atoms with E-state index in [1.807, 2.05) is 9.80 Å². The van der Waals surface area contributed by atoms with Crippen LogP contribution in [0.25, 0.3) is 0 Å². The molecule has 0 bridgehead atoms. The van der Waals surface area contributed by atoms with E-state index in [9.17, 15) is 19.2 Å². The van der Waals surface area contributed by atoms with Gasteiger partial charge in [0.2, 0.25) is 17.7 Å². The maximum Gasteiger partial charge on any atom is 0.266 e. The Bertz CT molecular complexity index is 1320. The summed E-state index contributed by atoms with van der Waals surface area (Å²) >= 11 is 0. The number of hydrogen-bond acceptors (Lipinski definition) is 6. The molecule has 232 valence electrons. The fourth-order valence-electron chi connectivity index (χ4n) is 8.11. The normalized spacial score (nSPS) is 33.2. The van der Waals surface area contributed by atoms with Gasteiger partial charge in [-0.25, -0.2) is 8.78 Å². The molecule has 5 atom stereocenters. The van der Waals surface area contributed by atoms with Crippen LogP contribution in [0, 0.1) is 23.7 Å². The second-order valence-corrected chi connectivity index (χ2v) is 13.7. The lowest BCUT2D eigenvalue weighted by Crippen LogP contribution is -2.66. The van der Waals surface area contributed by atoms with E-state index in [1.54, 1.807) is 18.2 Å². The third-order valence-corrected chi connectivity index (χ3v) is 10.8. The van der Waals surface area contributed by atoms with Gasteiger partial charge in [-0.1, -0.05) is 6.92 Å². The fourth-order valence-corrected chi connectivity index (χ4v) is 8.11. The number of likely N-dealkylation sites (tertiary alicyclic amines) is 2. The van der Waals surface area contributed by atoms with Crippen molar-refractivity contribution in [2.75, 3.05) is 26.2 Å². The van der Waals surface area contributed by atoms with E-state index < -0.39 is 30.0 Å². The first-order valence-electron chi connectivity index (χ1n) is 15.9. The van der Waals surface area contributed by atoms with Gasteiger partial charge < -0.3 is 14.5 Å². The summed E-state index contributed by atoms with van der Waals surface area (Å²) in [6.45, 7) is 5.13. The van der Waals surface area contributed by atoms with Crippen molar-refractivity contribution in [2.24, 2.45) is 23.7 Å². The minimum Gasteiger partial charge on any atom is -0.489 e. The van der Waals surface area contributed by atoms with Gasteiger partial charge in [0.25, 0.3) is 11.8 Å². The van der Waals surface area contributed by atoms with E-state index in [0.29, 0.717) is 66.5 Å². The molecule has 5 fully saturated rings. The third kappa shape index (κ3) is 5.31. The standard InChI is InChI=1S/C32H40F2N4O5/c1-18-13-24(18)30(41)36-11-8-19(9-12-36)21-15-37(16-21)28-26(3-2-10-32(28,33)34)43-22-4-5-23-20(14-22)17-38(31(23)42)25-6-7-27(39)35-29(25)40/h4-5,14,18-19,21,24-26,28H,2-3,6-13,15-17H2,1H3,(H,35,39,40)/t18?,24?,25?,26-,28+/m0/s1. The number of nitrogens with zero attached hydrogens (tertiary/aromatic N) is 3. The molecule has 4 heterocycles. The zero-order chi connectivity index (χ0) is 30.0. The summed E-state index contributed by atoms with van der Waals surface area (Å²) in [7, 11) is 0. The van der Waals surface area contributed by atoms with Crippen LogP contribution >= 0.6 is 0 Å². The van der Waals surface area contributed by atoms with Crippen molar-refractivity contribution in [3.05, 3.63) is 29.3 Å². The molecular weight excluding hydrogens is 558 g/mol. The van der Waals surface area contributed by atoms with Crippen molar-refractivity contribution in [1.29, 1.82) is 0 Å². The predicted molar refractivity (Wildman–Crippen MR) is 151 cm³/mol. The van der Waals surface area contributed by atoms with Crippen molar-refractivity contribution in [3.8, 4) is 5.75 Å². The fraction of sp³-hybridized carbons (Fsp3) is 0.688. The van der Waals surface area contributed by atoms with Crippen molar-refractivity contribution >= 4 is 23.6 Å². The molecule has 4 amide bonds. The van der Waals surface area contributed by atoms with Crippen LogP contribution in [0.4, 0.5) is 8.78 Å². The van der Waals surface area contributed by atoms with E-state index in [4.69, 9.17) is 4.74 Å². The molecule has 6 aliphatic rings. The summed E-state index contributed by atoms with van der Waals surface area (Å²) in [4.78, 5) is 55.0. The average Bonchev–Trinajstić information content (AvgIpc) is 3.59. The smallest absolute Gasteiger partial charge is 0.266 e. The maximum absolute atomic E-state index is 15.4. The first-order chi connectivity index (χ1) is 20.6. The molecule has 1 aromatic rings. The Morgan fingerprint density at radius 2 is 1.79 bits per heavy atom. The van der Waals surface area contributed by atoms with E-state index >= 15 is 8.78 Å². The summed E-state index contributed by atoms with van der Waals surface area (Å²) in [6, 6.07) is 3.32. The molecule has 1 N–H and O–H groups in total. The second kappa shape index (κ2) is 10.8. The number of halogens is 2. The Morgan fingerprint density at radius 1 is 1.05 bits per heavy atom. The van der Waals surface area contributed by atoms with Crippen LogP contribution in [0.2, 0.25) is 0 Å². The molecule has 9 nitrogen and oxygen atoms in total. The monoisotopic (exact) mass is 598 g/mol. The molecule has 4 aliphatic heterocycles. The molecule has 7 rings (SSSR count). The van der Waals surface area contributed by atoms with E-state index in [2.05, 4.69) is 12.2 Å². The van der Waals surface area contributed by atoms with E-state index in [0.717, 1.165) is 32.4 Å². The lowest BCUT2D eigenvalue weighted by Gasteiger charge is -2.53. The third-order valence-electron chi connectivity index (χ3n) is 10.8. The summed E-state index contributed by atoms with van der Waals surface area (Å²) in [6.07, 6.45) is 3.42. The first kappa shape index (κ1) is 28.7. The predicted octanol–water partition coefficient (Wildman–Crippen LogP) is 3.21. The topological polar surface area (TPSA) is 99.3 Å². The molecule has 0 aromatic heterocycles. The lowest BCUT2D eigenvalue weighted by atomic mass is 9.76. The van der Waals surface area contributed by atoms with Gasteiger partial charge >= 0.3 is 0 Å². The average molecular weight is 599 g/mol. The van der Waals surface area contributed by atoms with Crippen LogP contribution < -0.4 is 10.1 Å². The zero-order valence-electron chi connectivity index (χ0n) is 24.6. The number of hydrogen-bond donors (Lipinski definition) is 1. The van der Waals surface area contributed by atoms with Crippen LogP contribution in [-0.4, -0.2) is 88.6 Å². The molecule has 1 aromatic carbocycles. The Hall–Kier alpha value is -3.08.